The molecule has 1 aromatic rings. The summed E-state index contributed by atoms with van der Waals surface area (Å²) in [7, 11) is 0. The molecule has 2 heterocycles. The normalized spacial score (nSPS) is 23.5. The number of nitrogens with zero attached hydrogens (tertiary/aromatic N) is 3. The Morgan fingerprint density at radius 2 is 1.75 bits per heavy atom. The number of aliphatic carboxylic acids is 2. The molecule has 0 aromatic carbocycles. The van der Waals surface area contributed by atoms with E-state index in [1.54, 1.807) is 0 Å². The second-order valence-electron chi connectivity index (χ2n) is 7.40. The smallest absolute Gasteiger partial charge is 0.414 e. The van der Waals surface area contributed by atoms with Gasteiger partial charge >= 0.3 is 11.9 Å². The fourth-order valence-corrected chi connectivity index (χ4v) is 3.69. The van der Waals surface area contributed by atoms with Crippen LogP contribution in [-0.2, 0) is 14.3 Å². The molecule has 0 amide bonds. The van der Waals surface area contributed by atoms with E-state index in [0.717, 1.165) is 25.5 Å². The molecule has 0 bridgehead atoms. The molecule has 0 radical (unpaired) electrons. The van der Waals surface area contributed by atoms with Gasteiger partial charge in [0, 0.05) is 31.9 Å². The van der Waals surface area contributed by atoms with Crippen LogP contribution in [0.2, 0.25) is 0 Å². The lowest BCUT2D eigenvalue weighted by Crippen LogP contribution is -2.46. The summed E-state index contributed by atoms with van der Waals surface area (Å²) < 4.78 is 13.7. The molecule has 2 atom stereocenters. The molecule has 1 aromatic heterocycles. The van der Waals surface area contributed by atoms with Crippen LogP contribution in [0, 0.1) is 0 Å². The third kappa shape index (κ3) is 7.47. The Morgan fingerprint density at radius 1 is 1.14 bits per heavy atom. The van der Waals surface area contributed by atoms with Crippen molar-refractivity contribution >= 4 is 11.9 Å². The van der Waals surface area contributed by atoms with Gasteiger partial charge in [-0.05, 0) is 26.7 Å². The number of hydrogen-bond donors (Lipinski definition) is 2. The van der Waals surface area contributed by atoms with Crippen molar-refractivity contribution in [3.8, 4) is 5.88 Å². The Morgan fingerprint density at radius 3 is 2.32 bits per heavy atom. The van der Waals surface area contributed by atoms with Crippen LogP contribution < -0.4 is 4.74 Å². The van der Waals surface area contributed by atoms with Crippen molar-refractivity contribution in [1.29, 1.82) is 0 Å². The molecule has 28 heavy (non-hydrogen) atoms. The van der Waals surface area contributed by atoms with Gasteiger partial charge in [0.05, 0.1) is 18.2 Å². The van der Waals surface area contributed by atoms with Crippen LogP contribution in [-0.4, -0.2) is 75.3 Å². The van der Waals surface area contributed by atoms with E-state index in [2.05, 4.69) is 34.7 Å². The molecule has 2 unspecified atom stereocenters. The lowest BCUT2D eigenvalue weighted by Gasteiger charge is -2.35. The molecule has 3 rings (SSSR count). The second kappa shape index (κ2) is 11.0. The monoisotopic (exact) mass is 397 g/mol. The predicted molar refractivity (Wildman–Crippen MR) is 102 cm³/mol. The standard InChI is InChI=1S/C17H29N3O2.C2H2O4/c1-14-12-19(13-15(2)22-14)10-11-21-17-8-9-20(18-17)16-6-4-3-5-7-16;3-1(4)2(5)6/h8-9,14-16H,3-7,10-13H2,1-2H3;(H,3,4)(H,5,6). The van der Waals surface area contributed by atoms with Gasteiger partial charge in [0.15, 0.2) is 0 Å². The maximum Gasteiger partial charge on any atom is 0.414 e. The van der Waals surface area contributed by atoms with E-state index in [9.17, 15) is 0 Å². The number of hydrogen-bond acceptors (Lipinski definition) is 6. The van der Waals surface area contributed by atoms with E-state index < -0.39 is 11.9 Å². The topological polar surface area (TPSA) is 114 Å². The fourth-order valence-electron chi connectivity index (χ4n) is 3.69. The number of rotatable bonds is 5. The van der Waals surface area contributed by atoms with Crippen molar-refractivity contribution in [2.75, 3.05) is 26.2 Å². The molecular formula is C19H31N3O6. The van der Waals surface area contributed by atoms with Crippen LogP contribution in [0.4, 0.5) is 0 Å². The van der Waals surface area contributed by atoms with Crippen LogP contribution in [0.1, 0.15) is 52.0 Å². The summed E-state index contributed by atoms with van der Waals surface area (Å²) in [5, 5.41) is 19.4. The maximum absolute atomic E-state index is 9.10. The van der Waals surface area contributed by atoms with Crippen LogP contribution in [0.25, 0.3) is 0 Å². The van der Waals surface area contributed by atoms with E-state index >= 15 is 0 Å². The van der Waals surface area contributed by atoms with Gasteiger partial charge in [-0.1, -0.05) is 19.3 Å². The third-order valence-corrected chi connectivity index (χ3v) is 4.87. The minimum absolute atomic E-state index is 0.314. The van der Waals surface area contributed by atoms with Gasteiger partial charge in [0.1, 0.15) is 6.61 Å². The van der Waals surface area contributed by atoms with E-state index in [-0.39, 0.29) is 0 Å². The highest BCUT2D eigenvalue weighted by molar-refractivity contribution is 6.27. The van der Waals surface area contributed by atoms with E-state index in [1.807, 2.05) is 6.07 Å². The summed E-state index contributed by atoms with van der Waals surface area (Å²) >= 11 is 0. The molecule has 1 saturated carbocycles. The summed E-state index contributed by atoms with van der Waals surface area (Å²) in [6.45, 7) is 7.88. The Kier molecular flexibility index (Phi) is 8.72. The number of carbonyl (C=O) groups is 2. The van der Waals surface area contributed by atoms with Gasteiger partial charge in [0.2, 0.25) is 5.88 Å². The third-order valence-electron chi connectivity index (χ3n) is 4.87. The minimum atomic E-state index is -1.82. The molecule has 9 heteroatoms. The molecule has 1 aliphatic heterocycles. The zero-order chi connectivity index (χ0) is 20.5. The Bertz CT molecular complexity index is 607. The van der Waals surface area contributed by atoms with Crippen LogP contribution in [0.15, 0.2) is 12.3 Å². The Balaban J connectivity index is 0.000000409. The van der Waals surface area contributed by atoms with E-state index in [4.69, 9.17) is 29.3 Å². The van der Waals surface area contributed by atoms with Crippen molar-refractivity contribution in [2.24, 2.45) is 0 Å². The molecular weight excluding hydrogens is 366 g/mol. The highest BCUT2D eigenvalue weighted by Crippen LogP contribution is 2.28. The van der Waals surface area contributed by atoms with Gasteiger partial charge in [0.25, 0.3) is 0 Å². The van der Waals surface area contributed by atoms with Gasteiger partial charge < -0.3 is 19.7 Å². The molecule has 0 spiro atoms. The predicted octanol–water partition coefficient (Wildman–Crippen LogP) is 2.03. The van der Waals surface area contributed by atoms with Crippen molar-refractivity contribution in [2.45, 2.75) is 64.2 Å². The first kappa shape index (κ1) is 22.2. The first-order chi connectivity index (χ1) is 13.3. The van der Waals surface area contributed by atoms with E-state index in [0.29, 0.717) is 24.9 Å². The fraction of sp³-hybridized carbons (Fsp3) is 0.737. The van der Waals surface area contributed by atoms with E-state index in [1.165, 1.54) is 32.1 Å². The van der Waals surface area contributed by atoms with Crippen molar-refractivity contribution in [1.82, 2.24) is 14.7 Å². The Hall–Kier alpha value is -2.13. The van der Waals surface area contributed by atoms with Gasteiger partial charge in [-0.25, -0.2) is 9.59 Å². The number of carboxylic acids is 2. The molecule has 2 aliphatic rings. The molecule has 2 fully saturated rings. The highest BCUT2D eigenvalue weighted by Gasteiger charge is 2.22. The van der Waals surface area contributed by atoms with Crippen LogP contribution in [0.5, 0.6) is 5.88 Å². The second-order valence-corrected chi connectivity index (χ2v) is 7.40. The molecule has 2 N–H and O–H groups in total. The lowest BCUT2D eigenvalue weighted by atomic mass is 9.96. The summed E-state index contributed by atoms with van der Waals surface area (Å²) in [5.74, 6) is -2.88. The lowest BCUT2D eigenvalue weighted by molar-refractivity contribution is -0.159. The number of carboxylic acid groups (broad SMARTS) is 2. The summed E-state index contributed by atoms with van der Waals surface area (Å²) in [6.07, 6.45) is 9.24. The first-order valence-corrected chi connectivity index (χ1v) is 9.87. The average Bonchev–Trinajstić information content (AvgIpc) is 3.11. The quantitative estimate of drug-likeness (QED) is 0.726. The molecule has 9 nitrogen and oxygen atoms in total. The largest absolute Gasteiger partial charge is 0.475 e. The number of morpholine rings is 1. The maximum atomic E-state index is 9.10. The number of aromatic nitrogens is 2. The molecule has 1 aliphatic carbocycles. The SMILES string of the molecule is CC1CN(CCOc2ccn(C3CCCCC3)n2)CC(C)O1.O=C(O)C(=O)O. The Labute approximate surface area is 165 Å². The van der Waals surface area contributed by atoms with Gasteiger partial charge in [-0.3, -0.25) is 9.58 Å². The summed E-state index contributed by atoms with van der Waals surface area (Å²) in [4.78, 5) is 20.6. The average molecular weight is 397 g/mol. The first-order valence-electron chi connectivity index (χ1n) is 9.87. The van der Waals surface area contributed by atoms with Crippen LogP contribution >= 0.6 is 0 Å². The van der Waals surface area contributed by atoms with Crippen molar-refractivity contribution < 1.29 is 29.3 Å². The van der Waals surface area contributed by atoms with Crippen LogP contribution in [0.3, 0.4) is 0 Å². The summed E-state index contributed by atoms with van der Waals surface area (Å²) in [6, 6.07) is 2.58. The zero-order valence-electron chi connectivity index (χ0n) is 16.6. The number of ether oxygens (including phenoxy) is 2. The highest BCUT2D eigenvalue weighted by atomic mass is 16.5. The van der Waals surface area contributed by atoms with Crippen molar-refractivity contribution in [3.05, 3.63) is 12.3 Å². The molecule has 1 saturated heterocycles. The summed E-state index contributed by atoms with van der Waals surface area (Å²) in [5.41, 5.74) is 0. The minimum Gasteiger partial charge on any atom is -0.475 e. The van der Waals surface area contributed by atoms with Gasteiger partial charge in [-0.2, -0.15) is 0 Å². The molecule has 158 valence electrons. The van der Waals surface area contributed by atoms with Crippen molar-refractivity contribution in [3.63, 3.8) is 0 Å². The zero-order valence-corrected chi connectivity index (χ0v) is 16.6. The van der Waals surface area contributed by atoms with Gasteiger partial charge in [-0.15, -0.1) is 5.10 Å².